The highest BCUT2D eigenvalue weighted by Gasteiger charge is 2.41. The molecule has 0 aliphatic carbocycles. The number of fused-ring (bicyclic) bond motifs is 2. The van der Waals surface area contributed by atoms with Crippen molar-refractivity contribution in [2.45, 2.75) is 26.2 Å². The van der Waals surface area contributed by atoms with Gasteiger partial charge in [-0.05, 0) is 121 Å². The maximum Gasteiger partial charge on any atom is 0.179 e. The van der Waals surface area contributed by atoms with Crippen LogP contribution in [0.2, 0.25) is 0 Å². The summed E-state index contributed by atoms with van der Waals surface area (Å²) in [5.74, 6) is 0. The summed E-state index contributed by atoms with van der Waals surface area (Å²) in [6.45, 7) is 6.71. The summed E-state index contributed by atoms with van der Waals surface area (Å²) >= 11 is 0. The Hall–Kier alpha value is -7.84. The lowest BCUT2D eigenvalue weighted by Crippen LogP contribution is -2.74. The first-order valence-electron chi connectivity index (χ1n) is 25.2. The highest BCUT2D eigenvalue weighted by molar-refractivity contribution is 7.20. The molecule has 0 saturated heterocycles. The molecule has 0 atom stereocenters. The lowest BCUT2D eigenvalue weighted by molar-refractivity contribution is 0.590. The maximum absolute atomic E-state index is 10.0. The predicted molar refractivity (Wildman–Crippen MR) is 291 cm³/mol. The van der Waals surface area contributed by atoms with E-state index in [-0.39, 0.29) is 29.6 Å². The van der Waals surface area contributed by atoms with Crippen LogP contribution >= 0.6 is 0 Å². The molecule has 0 spiro atoms. The normalized spacial score (nSPS) is 12.6. The summed E-state index contributed by atoms with van der Waals surface area (Å²) in [6, 6.07) is 83.6. The van der Waals surface area contributed by atoms with Crippen LogP contribution in [0.1, 0.15) is 31.8 Å². The van der Waals surface area contributed by atoms with E-state index in [1.807, 2.05) is 30.3 Å². The molecule has 0 heterocycles. The fourth-order valence-corrected chi connectivity index (χ4v) is 15.1. The van der Waals surface area contributed by atoms with Crippen LogP contribution < -0.4 is 20.7 Å². The molecule has 0 fully saturated rings. The minimum absolute atomic E-state index is 0.00754. The van der Waals surface area contributed by atoms with Crippen LogP contribution in [0.4, 0.5) is 0 Å². The first-order chi connectivity index (χ1) is 34.6. The molecule has 0 unspecified atom stereocenters. The standard InChI is InChI=1S/C66H52Si/c1-66(2,3)52-40-38-47(39-41-52)51-44-60(48-24-10-4-11-25-48)65(61(45-51)49-26-12-5-13-27-49)64-58-37-23-22-36-57(58)63(50-28-14-6-15-29-50)62-46-56(42-43-59(62)64)67(53-30-16-7-17-31-53,54-32-18-8-19-33-54)55-34-20-9-21-35-55/h4-46H,1-3H3/i22D,23D,36D,37D. The van der Waals surface area contributed by atoms with E-state index in [2.05, 4.69) is 227 Å². The minimum Gasteiger partial charge on any atom is -0.0623 e. The summed E-state index contributed by atoms with van der Waals surface area (Å²) in [7, 11) is -3.09. The van der Waals surface area contributed by atoms with Gasteiger partial charge in [0.1, 0.15) is 0 Å². The van der Waals surface area contributed by atoms with Crippen molar-refractivity contribution >= 4 is 50.4 Å². The van der Waals surface area contributed by atoms with Gasteiger partial charge in [0.05, 0.1) is 5.48 Å². The Morgan fingerprint density at radius 3 is 1.18 bits per heavy atom. The van der Waals surface area contributed by atoms with Crippen molar-refractivity contribution in [1.29, 1.82) is 0 Å². The van der Waals surface area contributed by atoms with Gasteiger partial charge in [-0.2, -0.15) is 0 Å². The highest BCUT2D eigenvalue weighted by atomic mass is 28.3. The van der Waals surface area contributed by atoms with Crippen molar-refractivity contribution in [2.75, 3.05) is 0 Å². The molecule has 0 N–H and O–H groups in total. The van der Waals surface area contributed by atoms with Crippen LogP contribution in [-0.2, 0) is 5.41 Å². The van der Waals surface area contributed by atoms with Crippen LogP contribution in [0.5, 0.6) is 0 Å². The van der Waals surface area contributed by atoms with Crippen molar-refractivity contribution in [2.24, 2.45) is 0 Å². The molecular formula is C66H52Si. The lowest BCUT2D eigenvalue weighted by atomic mass is 9.79. The van der Waals surface area contributed by atoms with E-state index in [1.165, 1.54) is 21.1 Å². The second kappa shape index (κ2) is 17.5. The Morgan fingerprint density at radius 2 is 0.731 bits per heavy atom. The molecule has 0 radical (unpaired) electrons. The third-order valence-electron chi connectivity index (χ3n) is 13.5. The van der Waals surface area contributed by atoms with Crippen molar-refractivity contribution in [3.05, 3.63) is 266 Å². The average Bonchev–Trinajstić information content (AvgIpc) is 3.42. The lowest BCUT2D eigenvalue weighted by Gasteiger charge is -2.35. The predicted octanol–water partition coefficient (Wildman–Crippen LogP) is 15.0. The Balaban J connectivity index is 1.37. The van der Waals surface area contributed by atoms with Crippen molar-refractivity contribution in [1.82, 2.24) is 0 Å². The summed E-state index contributed by atoms with van der Waals surface area (Å²) in [4.78, 5) is 0. The molecule has 0 nitrogen and oxygen atoms in total. The summed E-state index contributed by atoms with van der Waals surface area (Å²) in [6.07, 6.45) is 0. The SMILES string of the molecule is [2H]c1c([2H])c([2H])c2c(-c3c(-c4ccccc4)cc(-c4ccc(C(C)(C)C)cc4)cc3-c3ccccc3)c3ccc([Si](c4ccccc4)(c4ccccc4)c4ccccc4)cc3c(-c3ccccc3)c2c1[2H]. The monoisotopic (exact) mass is 876 g/mol. The Morgan fingerprint density at radius 1 is 0.313 bits per heavy atom. The molecule has 0 bridgehead atoms. The van der Waals surface area contributed by atoms with Gasteiger partial charge in [-0.3, -0.25) is 0 Å². The molecule has 11 rings (SSSR count). The fourth-order valence-electron chi connectivity index (χ4n) is 10.3. The number of rotatable bonds is 9. The molecule has 0 amide bonds. The van der Waals surface area contributed by atoms with Gasteiger partial charge in [-0.25, -0.2) is 0 Å². The van der Waals surface area contributed by atoms with Crippen LogP contribution in [0, 0.1) is 0 Å². The number of benzene rings is 11. The van der Waals surface area contributed by atoms with E-state index < -0.39 is 8.07 Å². The molecule has 0 saturated carbocycles. The minimum atomic E-state index is -3.09. The van der Waals surface area contributed by atoms with Gasteiger partial charge in [-0.15, -0.1) is 0 Å². The van der Waals surface area contributed by atoms with Gasteiger partial charge in [0.2, 0.25) is 0 Å². The molecular weight excluding hydrogens is 821 g/mol. The number of hydrogen-bond donors (Lipinski definition) is 0. The Labute approximate surface area is 402 Å². The van der Waals surface area contributed by atoms with Gasteiger partial charge in [-0.1, -0.05) is 269 Å². The maximum atomic E-state index is 10.0. The molecule has 0 aliphatic rings. The fraction of sp³-hybridized carbons (Fsp3) is 0.0606. The molecule has 11 aromatic carbocycles. The molecule has 67 heavy (non-hydrogen) atoms. The van der Waals surface area contributed by atoms with E-state index in [1.54, 1.807) is 0 Å². The van der Waals surface area contributed by atoms with Gasteiger partial charge in [0.25, 0.3) is 0 Å². The first-order valence-corrected chi connectivity index (χ1v) is 25.2. The first kappa shape index (κ1) is 37.4. The van der Waals surface area contributed by atoms with Crippen LogP contribution in [0.25, 0.3) is 77.2 Å². The van der Waals surface area contributed by atoms with Crippen molar-refractivity contribution in [3.8, 4) is 55.6 Å². The quantitative estimate of drug-likeness (QED) is 0.0770. The van der Waals surface area contributed by atoms with Crippen LogP contribution in [0.15, 0.2) is 261 Å². The average molecular weight is 877 g/mol. The summed E-state index contributed by atoms with van der Waals surface area (Å²) in [5, 5.41) is 7.69. The van der Waals surface area contributed by atoms with E-state index >= 15 is 0 Å². The van der Waals surface area contributed by atoms with E-state index in [0.29, 0.717) is 10.8 Å². The second-order valence-electron chi connectivity index (χ2n) is 18.5. The summed E-state index contributed by atoms with van der Waals surface area (Å²) < 4.78 is 38.7. The van der Waals surface area contributed by atoms with Crippen molar-refractivity contribution < 1.29 is 5.48 Å². The van der Waals surface area contributed by atoms with Gasteiger partial charge >= 0.3 is 0 Å². The Kier molecular flexibility index (Phi) is 9.77. The molecule has 0 aliphatic heterocycles. The zero-order valence-electron chi connectivity index (χ0n) is 42.0. The highest BCUT2D eigenvalue weighted by Crippen LogP contribution is 2.50. The van der Waals surface area contributed by atoms with Crippen LogP contribution in [-0.4, -0.2) is 8.07 Å². The zero-order chi connectivity index (χ0) is 48.9. The van der Waals surface area contributed by atoms with Crippen molar-refractivity contribution in [3.63, 3.8) is 0 Å². The van der Waals surface area contributed by atoms with Gasteiger partial charge in [0, 0.05) is 0 Å². The smallest absolute Gasteiger partial charge is 0.0623 e. The van der Waals surface area contributed by atoms with Crippen LogP contribution in [0.3, 0.4) is 0 Å². The zero-order valence-corrected chi connectivity index (χ0v) is 39.0. The van der Waals surface area contributed by atoms with E-state index in [4.69, 9.17) is 0 Å². The second-order valence-corrected chi connectivity index (χ2v) is 22.3. The van der Waals surface area contributed by atoms with E-state index in [0.717, 1.165) is 71.6 Å². The molecule has 0 aromatic heterocycles. The molecule has 1 heteroatoms. The summed E-state index contributed by atoms with van der Waals surface area (Å²) in [5.41, 5.74) is 10.7. The third kappa shape index (κ3) is 7.52. The Bertz CT molecular complexity index is 3570. The largest absolute Gasteiger partial charge is 0.179 e. The third-order valence-corrected chi connectivity index (χ3v) is 18.3. The van der Waals surface area contributed by atoms with Gasteiger partial charge < -0.3 is 0 Å². The molecule has 320 valence electrons. The van der Waals surface area contributed by atoms with E-state index in [9.17, 15) is 5.48 Å². The molecule has 11 aromatic rings. The topological polar surface area (TPSA) is 0 Å². The number of hydrogen-bond acceptors (Lipinski definition) is 0. The van der Waals surface area contributed by atoms with Gasteiger partial charge in [0.15, 0.2) is 8.07 Å².